The molecule has 1 saturated heterocycles. The minimum Gasteiger partial charge on any atom is -0.393 e. The Morgan fingerprint density at radius 2 is 2.00 bits per heavy atom. The van der Waals surface area contributed by atoms with Crippen molar-refractivity contribution in [2.75, 3.05) is 18.8 Å². The molecule has 1 aliphatic carbocycles. The average Bonchev–Trinajstić information content (AvgIpc) is 2.51. The zero-order valence-electron chi connectivity index (χ0n) is 13.3. The maximum absolute atomic E-state index is 11.1. The van der Waals surface area contributed by atoms with E-state index in [-0.39, 0.29) is 10.6 Å². The lowest BCUT2D eigenvalue weighted by molar-refractivity contribution is -0.384. The Bertz CT molecular complexity index is 573. The summed E-state index contributed by atoms with van der Waals surface area (Å²) in [6.45, 7) is 4.93. The number of hydrogen-bond donors (Lipinski definition) is 1. The number of hydrogen-bond acceptors (Lipinski definition) is 4. The SMILES string of the molecule is Cc1ccc([N+](=O)[O-])c(N)c1CN1CCC2CCCCC2C1. The fraction of sp³-hybridized carbons (Fsp3) is 0.647. The third kappa shape index (κ3) is 2.95. The first-order chi connectivity index (χ1) is 10.6. The van der Waals surface area contributed by atoms with Gasteiger partial charge in [0.1, 0.15) is 5.69 Å². The van der Waals surface area contributed by atoms with E-state index >= 15 is 0 Å². The molecule has 2 aliphatic rings. The molecule has 0 spiro atoms. The molecule has 2 unspecified atom stereocenters. The number of piperidine rings is 1. The Balaban J connectivity index is 1.76. The van der Waals surface area contributed by atoms with Gasteiger partial charge in [0.2, 0.25) is 0 Å². The van der Waals surface area contributed by atoms with Crippen molar-refractivity contribution in [1.82, 2.24) is 4.90 Å². The van der Waals surface area contributed by atoms with Crippen LogP contribution in [0.4, 0.5) is 11.4 Å². The van der Waals surface area contributed by atoms with E-state index in [9.17, 15) is 10.1 Å². The maximum atomic E-state index is 11.1. The summed E-state index contributed by atoms with van der Waals surface area (Å²) >= 11 is 0. The van der Waals surface area contributed by atoms with Crippen molar-refractivity contribution in [3.63, 3.8) is 0 Å². The molecule has 1 aromatic carbocycles. The highest BCUT2D eigenvalue weighted by atomic mass is 16.6. The van der Waals surface area contributed by atoms with E-state index in [1.54, 1.807) is 0 Å². The average molecular weight is 303 g/mol. The lowest BCUT2D eigenvalue weighted by Gasteiger charge is -2.41. The highest BCUT2D eigenvalue weighted by molar-refractivity contribution is 5.65. The minimum absolute atomic E-state index is 0.0353. The molecule has 3 rings (SSSR count). The van der Waals surface area contributed by atoms with E-state index in [0.717, 1.165) is 42.6 Å². The molecule has 0 bridgehead atoms. The van der Waals surface area contributed by atoms with Gasteiger partial charge in [0.05, 0.1) is 4.92 Å². The summed E-state index contributed by atoms with van der Waals surface area (Å²) in [7, 11) is 0. The number of benzene rings is 1. The fourth-order valence-electron chi connectivity index (χ4n) is 4.17. The van der Waals surface area contributed by atoms with Gasteiger partial charge in [0.25, 0.3) is 5.69 Å². The van der Waals surface area contributed by atoms with Crippen LogP contribution in [0, 0.1) is 28.9 Å². The monoisotopic (exact) mass is 303 g/mol. The molecule has 0 radical (unpaired) electrons. The molecule has 2 N–H and O–H groups in total. The van der Waals surface area contributed by atoms with E-state index in [2.05, 4.69) is 4.90 Å². The van der Waals surface area contributed by atoms with Gasteiger partial charge in [-0.05, 0) is 49.3 Å². The number of aryl methyl sites for hydroxylation is 1. The van der Waals surface area contributed by atoms with Crippen LogP contribution in [-0.4, -0.2) is 22.9 Å². The van der Waals surface area contributed by atoms with Gasteiger partial charge in [0, 0.05) is 19.2 Å². The summed E-state index contributed by atoms with van der Waals surface area (Å²) in [5.41, 5.74) is 8.43. The molecule has 1 aliphatic heterocycles. The van der Waals surface area contributed by atoms with Crippen LogP contribution in [0.25, 0.3) is 0 Å². The number of nitrogens with two attached hydrogens (primary N) is 1. The predicted molar refractivity (Wildman–Crippen MR) is 87.6 cm³/mol. The first-order valence-corrected chi connectivity index (χ1v) is 8.31. The van der Waals surface area contributed by atoms with Crippen molar-refractivity contribution < 1.29 is 4.92 Å². The van der Waals surface area contributed by atoms with Crippen LogP contribution in [0.5, 0.6) is 0 Å². The number of nitrogen functional groups attached to an aromatic ring is 1. The smallest absolute Gasteiger partial charge is 0.292 e. The van der Waals surface area contributed by atoms with Crippen molar-refractivity contribution in [2.45, 2.75) is 45.6 Å². The molecule has 2 fully saturated rings. The molecule has 2 atom stereocenters. The number of nitrogens with zero attached hydrogens (tertiary/aromatic N) is 2. The molecule has 0 amide bonds. The number of fused-ring (bicyclic) bond motifs is 1. The summed E-state index contributed by atoms with van der Waals surface area (Å²) in [6, 6.07) is 3.33. The Morgan fingerprint density at radius 1 is 1.27 bits per heavy atom. The standard InChI is InChI=1S/C17H25N3O2/c1-12-6-7-16(20(21)22)17(18)15(12)11-19-9-8-13-4-2-3-5-14(13)10-19/h6-7,13-14H,2-5,8-11,18H2,1H3. The van der Waals surface area contributed by atoms with Crippen LogP contribution >= 0.6 is 0 Å². The molecule has 22 heavy (non-hydrogen) atoms. The van der Waals surface area contributed by atoms with Crippen LogP contribution in [-0.2, 0) is 6.54 Å². The third-order valence-corrected chi connectivity index (χ3v) is 5.52. The van der Waals surface area contributed by atoms with E-state index in [1.807, 2.05) is 13.0 Å². The van der Waals surface area contributed by atoms with Gasteiger partial charge in [0.15, 0.2) is 0 Å². The quantitative estimate of drug-likeness (QED) is 0.527. The van der Waals surface area contributed by atoms with Gasteiger partial charge in [-0.1, -0.05) is 25.3 Å². The van der Waals surface area contributed by atoms with E-state index < -0.39 is 0 Å². The van der Waals surface area contributed by atoms with Crippen LogP contribution in [0.3, 0.4) is 0 Å². The number of rotatable bonds is 3. The van der Waals surface area contributed by atoms with Crippen LogP contribution in [0.2, 0.25) is 0 Å². The lowest BCUT2D eigenvalue weighted by Crippen LogP contribution is -2.41. The molecule has 1 aromatic rings. The van der Waals surface area contributed by atoms with Gasteiger partial charge in [-0.15, -0.1) is 0 Å². The van der Waals surface area contributed by atoms with Crippen molar-refractivity contribution in [3.05, 3.63) is 33.4 Å². The molecule has 5 heteroatoms. The highest BCUT2D eigenvalue weighted by Gasteiger charge is 2.31. The van der Waals surface area contributed by atoms with E-state index in [1.165, 1.54) is 38.2 Å². The Kier molecular flexibility index (Phi) is 4.34. The van der Waals surface area contributed by atoms with Crippen molar-refractivity contribution in [3.8, 4) is 0 Å². The van der Waals surface area contributed by atoms with Gasteiger partial charge in [-0.3, -0.25) is 15.0 Å². The molecule has 5 nitrogen and oxygen atoms in total. The second-order valence-electron chi connectivity index (χ2n) is 6.88. The Labute approximate surface area is 131 Å². The minimum atomic E-state index is -0.383. The van der Waals surface area contributed by atoms with Crippen molar-refractivity contribution >= 4 is 11.4 Å². The predicted octanol–water partition coefficient (Wildman–Crippen LogP) is 3.50. The van der Waals surface area contributed by atoms with Crippen LogP contribution in [0.15, 0.2) is 12.1 Å². The zero-order valence-corrected chi connectivity index (χ0v) is 13.3. The number of nitro benzene ring substituents is 1. The van der Waals surface area contributed by atoms with Gasteiger partial charge in [-0.2, -0.15) is 0 Å². The largest absolute Gasteiger partial charge is 0.393 e. The zero-order chi connectivity index (χ0) is 15.7. The highest BCUT2D eigenvalue weighted by Crippen LogP contribution is 2.37. The second kappa shape index (κ2) is 6.24. The molecule has 0 aromatic heterocycles. The second-order valence-corrected chi connectivity index (χ2v) is 6.88. The molecule has 1 heterocycles. The summed E-state index contributed by atoms with van der Waals surface area (Å²) in [4.78, 5) is 13.1. The van der Waals surface area contributed by atoms with E-state index in [4.69, 9.17) is 5.73 Å². The van der Waals surface area contributed by atoms with Crippen molar-refractivity contribution in [1.29, 1.82) is 0 Å². The van der Waals surface area contributed by atoms with E-state index in [0.29, 0.717) is 5.69 Å². The van der Waals surface area contributed by atoms with Crippen LogP contribution in [0.1, 0.15) is 43.2 Å². The first-order valence-electron chi connectivity index (χ1n) is 8.31. The number of likely N-dealkylation sites (tertiary alicyclic amines) is 1. The van der Waals surface area contributed by atoms with Crippen LogP contribution < -0.4 is 5.73 Å². The topological polar surface area (TPSA) is 72.4 Å². The summed E-state index contributed by atoms with van der Waals surface area (Å²) < 4.78 is 0. The normalized spacial score (nSPS) is 25.7. The summed E-state index contributed by atoms with van der Waals surface area (Å²) in [5, 5.41) is 11.1. The Morgan fingerprint density at radius 3 is 2.73 bits per heavy atom. The lowest BCUT2D eigenvalue weighted by atomic mass is 9.75. The van der Waals surface area contributed by atoms with Gasteiger partial charge >= 0.3 is 0 Å². The fourth-order valence-corrected chi connectivity index (χ4v) is 4.17. The van der Waals surface area contributed by atoms with Crippen molar-refractivity contribution in [2.24, 2.45) is 11.8 Å². The van der Waals surface area contributed by atoms with Gasteiger partial charge < -0.3 is 5.73 Å². The number of nitro groups is 1. The summed E-state index contributed by atoms with van der Waals surface area (Å²) in [6.07, 6.45) is 6.73. The maximum Gasteiger partial charge on any atom is 0.292 e. The first kappa shape index (κ1) is 15.3. The molecular formula is C17H25N3O2. The summed E-state index contributed by atoms with van der Waals surface area (Å²) in [5.74, 6) is 1.70. The molecular weight excluding hydrogens is 278 g/mol. The Hall–Kier alpha value is -1.62. The molecule has 120 valence electrons. The van der Waals surface area contributed by atoms with Gasteiger partial charge in [-0.25, -0.2) is 0 Å². The molecule has 1 saturated carbocycles. The third-order valence-electron chi connectivity index (χ3n) is 5.52. The number of anilines is 1.